The van der Waals surface area contributed by atoms with Crippen molar-refractivity contribution in [2.45, 2.75) is 44.8 Å². The van der Waals surface area contributed by atoms with Crippen LogP contribution in [0.1, 0.15) is 43.0 Å². The van der Waals surface area contributed by atoms with Crippen LogP contribution < -0.4 is 11.3 Å². The number of hydrogen-bond acceptors (Lipinski definition) is 4. The molecule has 0 radical (unpaired) electrons. The summed E-state index contributed by atoms with van der Waals surface area (Å²) < 4.78 is 7.46. The lowest BCUT2D eigenvalue weighted by Gasteiger charge is -2.17. The Morgan fingerprint density at radius 1 is 1.71 bits per heavy atom. The van der Waals surface area contributed by atoms with Crippen molar-refractivity contribution in [1.29, 1.82) is 0 Å². The fraction of sp³-hybridized carbons (Fsp3) is 0.750. The van der Waals surface area contributed by atoms with E-state index in [0.29, 0.717) is 6.10 Å². The molecule has 1 aromatic heterocycles. The fourth-order valence-electron chi connectivity index (χ4n) is 2.51. The summed E-state index contributed by atoms with van der Waals surface area (Å²) in [6.45, 7) is 2.93. The van der Waals surface area contributed by atoms with Gasteiger partial charge in [-0.15, -0.1) is 0 Å². The van der Waals surface area contributed by atoms with Gasteiger partial charge in [0.25, 0.3) is 0 Å². The predicted octanol–water partition coefficient (Wildman–Crippen LogP) is 1.19. The van der Waals surface area contributed by atoms with E-state index < -0.39 is 0 Å². The normalized spacial score (nSPS) is 21.9. The van der Waals surface area contributed by atoms with Gasteiger partial charge >= 0.3 is 0 Å². The third-order valence-electron chi connectivity index (χ3n) is 3.43. The Kier molecular flexibility index (Phi) is 4.15. The first-order valence-electron chi connectivity index (χ1n) is 6.28. The summed E-state index contributed by atoms with van der Waals surface area (Å²) >= 11 is 0. The van der Waals surface area contributed by atoms with Crippen molar-refractivity contribution in [3.63, 3.8) is 0 Å². The van der Waals surface area contributed by atoms with Gasteiger partial charge in [0.05, 0.1) is 11.8 Å². The molecule has 1 saturated heterocycles. The number of aryl methyl sites for hydroxylation is 2. The molecule has 0 amide bonds. The fourth-order valence-corrected chi connectivity index (χ4v) is 2.51. The minimum absolute atomic E-state index is 0.174. The van der Waals surface area contributed by atoms with Gasteiger partial charge in [-0.25, -0.2) is 0 Å². The monoisotopic (exact) mass is 238 g/mol. The number of nitrogens with one attached hydrogen (secondary N) is 1. The molecular weight excluding hydrogens is 216 g/mol. The summed E-state index contributed by atoms with van der Waals surface area (Å²) in [6.07, 6.45) is 6.88. The Morgan fingerprint density at radius 2 is 2.53 bits per heavy atom. The number of aromatic nitrogens is 2. The number of hydrogen-bond donors (Lipinski definition) is 2. The molecule has 0 bridgehead atoms. The molecule has 0 spiro atoms. The average molecular weight is 238 g/mol. The molecule has 5 nitrogen and oxygen atoms in total. The lowest BCUT2D eigenvalue weighted by atomic mass is 10.0. The Bertz CT molecular complexity index is 357. The smallest absolute Gasteiger partial charge is 0.0641 e. The third kappa shape index (κ3) is 3.06. The van der Waals surface area contributed by atoms with Crippen LogP contribution in [0.2, 0.25) is 0 Å². The van der Waals surface area contributed by atoms with Crippen LogP contribution in [-0.2, 0) is 11.8 Å². The van der Waals surface area contributed by atoms with E-state index in [-0.39, 0.29) is 6.04 Å². The highest BCUT2D eigenvalue weighted by Crippen LogP contribution is 2.24. The van der Waals surface area contributed by atoms with Gasteiger partial charge in [-0.2, -0.15) is 5.10 Å². The van der Waals surface area contributed by atoms with Crippen molar-refractivity contribution in [1.82, 2.24) is 15.2 Å². The van der Waals surface area contributed by atoms with Crippen LogP contribution in [-0.4, -0.2) is 22.5 Å². The van der Waals surface area contributed by atoms with Gasteiger partial charge in [0.2, 0.25) is 0 Å². The zero-order valence-corrected chi connectivity index (χ0v) is 10.6. The highest BCUT2D eigenvalue weighted by Gasteiger charge is 2.20. The van der Waals surface area contributed by atoms with Gasteiger partial charge in [0, 0.05) is 31.5 Å². The molecule has 5 heteroatoms. The zero-order valence-electron chi connectivity index (χ0n) is 10.6. The van der Waals surface area contributed by atoms with Crippen molar-refractivity contribution in [2.24, 2.45) is 12.9 Å². The Labute approximate surface area is 102 Å². The van der Waals surface area contributed by atoms with Gasteiger partial charge in [-0.3, -0.25) is 16.0 Å². The molecule has 1 aliphatic rings. The Morgan fingerprint density at radius 3 is 3.06 bits per heavy atom. The first-order chi connectivity index (χ1) is 8.20. The van der Waals surface area contributed by atoms with Crippen LogP contribution in [0.5, 0.6) is 0 Å². The summed E-state index contributed by atoms with van der Waals surface area (Å²) in [5.74, 6) is 5.64. The summed E-state index contributed by atoms with van der Waals surface area (Å²) in [6, 6.07) is 0.174. The molecule has 1 fully saturated rings. The van der Waals surface area contributed by atoms with E-state index in [2.05, 4.69) is 10.5 Å². The van der Waals surface area contributed by atoms with E-state index in [1.54, 1.807) is 0 Å². The lowest BCUT2D eigenvalue weighted by Crippen LogP contribution is -2.29. The van der Waals surface area contributed by atoms with Crippen LogP contribution in [0.25, 0.3) is 0 Å². The molecule has 0 saturated carbocycles. The predicted molar refractivity (Wildman–Crippen MR) is 66.2 cm³/mol. The molecule has 2 heterocycles. The van der Waals surface area contributed by atoms with Crippen molar-refractivity contribution in [2.75, 3.05) is 6.61 Å². The molecule has 96 valence electrons. The Balaban J connectivity index is 1.93. The van der Waals surface area contributed by atoms with Gasteiger partial charge < -0.3 is 4.74 Å². The average Bonchev–Trinajstić information content (AvgIpc) is 2.90. The van der Waals surface area contributed by atoms with Gasteiger partial charge in [-0.05, 0) is 32.6 Å². The van der Waals surface area contributed by atoms with E-state index in [4.69, 9.17) is 10.6 Å². The van der Waals surface area contributed by atoms with Crippen molar-refractivity contribution in [3.8, 4) is 0 Å². The molecule has 17 heavy (non-hydrogen) atoms. The van der Waals surface area contributed by atoms with Gasteiger partial charge in [0.15, 0.2) is 0 Å². The summed E-state index contributed by atoms with van der Waals surface area (Å²) in [5.41, 5.74) is 5.12. The molecular formula is C12H22N4O. The van der Waals surface area contributed by atoms with Gasteiger partial charge in [0.1, 0.15) is 0 Å². The van der Waals surface area contributed by atoms with Gasteiger partial charge in [-0.1, -0.05) is 0 Å². The Hall–Kier alpha value is -0.910. The maximum absolute atomic E-state index is 5.64. The molecule has 0 aromatic carbocycles. The number of rotatable bonds is 5. The van der Waals surface area contributed by atoms with Crippen LogP contribution >= 0.6 is 0 Å². The minimum Gasteiger partial charge on any atom is -0.378 e. The second-order valence-electron chi connectivity index (χ2n) is 4.78. The second-order valence-corrected chi connectivity index (χ2v) is 4.78. The molecule has 0 aliphatic carbocycles. The summed E-state index contributed by atoms with van der Waals surface area (Å²) in [7, 11) is 1.93. The van der Waals surface area contributed by atoms with Crippen molar-refractivity contribution in [3.05, 3.63) is 17.5 Å². The zero-order chi connectivity index (χ0) is 12.3. The first kappa shape index (κ1) is 12.5. The number of ether oxygens (including phenoxy) is 1. The molecule has 1 aliphatic heterocycles. The first-order valence-corrected chi connectivity index (χ1v) is 6.28. The molecule has 2 rings (SSSR count). The summed E-state index contributed by atoms with van der Waals surface area (Å²) in [4.78, 5) is 0. The molecule has 2 unspecified atom stereocenters. The lowest BCUT2D eigenvalue weighted by molar-refractivity contribution is 0.0996. The van der Waals surface area contributed by atoms with Crippen LogP contribution in [0.15, 0.2) is 6.20 Å². The van der Waals surface area contributed by atoms with Crippen molar-refractivity contribution < 1.29 is 4.74 Å². The van der Waals surface area contributed by atoms with Crippen LogP contribution in [0.4, 0.5) is 0 Å². The van der Waals surface area contributed by atoms with E-state index >= 15 is 0 Å². The SMILES string of the molecule is Cc1nn(C)cc1C(CCC1CCCO1)NN. The third-order valence-corrected chi connectivity index (χ3v) is 3.43. The maximum atomic E-state index is 5.64. The second kappa shape index (κ2) is 5.62. The highest BCUT2D eigenvalue weighted by molar-refractivity contribution is 5.19. The van der Waals surface area contributed by atoms with Crippen molar-refractivity contribution >= 4 is 0 Å². The maximum Gasteiger partial charge on any atom is 0.0641 e. The largest absolute Gasteiger partial charge is 0.378 e. The van der Waals surface area contributed by atoms with E-state index in [9.17, 15) is 0 Å². The number of hydrazine groups is 1. The highest BCUT2D eigenvalue weighted by atomic mass is 16.5. The van der Waals surface area contributed by atoms with E-state index in [1.165, 1.54) is 18.4 Å². The topological polar surface area (TPSA) is 65.1 Å². The molecule has 2 atom stereocenters. The quantitative estimate of drug-likeness (QED) is 0.597. The summed E-state index contributed by atoms with van der Waals surface area (Å²) in [5, 5.41) is 4.35. The minimum atomic E-state index is 0.174. The van der Waals surface area contributed by atoms with Crippen LogP contribution in [0, 0.1) is 6.92 Å². The standard InChI is InChI=1S/C12H22N4O/c1-9-11(8-16(2)15-9)12(14-13)6-5-10-4-3-7-17-10/h8,10,12,14H,3-7,13H2,1-2H3. The number of nitrogens with two attached hydrogens (primary N) is 1. The molecule has 3 N–H and O–H groups in total. The molecule has 1 aromatic rings. The van der Waals surface area contributed by atoms with Crippen LogP contribution in [0.3, 0.4) is 0 Å². The van der Waals surface area contributed by atoms with E-state index in [0.717, 1.165) is 25.1 Å². The number of nitrogens with zero attached hydrogens (tertiary/aromatic N) is 2. The van der Waals surface area contributed by atoms with E-state index in [1.807, 2.05) is 24.9 Å².